The van der Waals surface area contributed by atoms with Gasteiger partial charge in [-0.2, -0.15) is 0 Å². The molecule has 1 aliphatic rings. The Balaban J connectivity index is 1.89. The van der Waals surface area contributed by atoms with E-state index >= 15 is 0 Å². The van der Waals surface area contributed by atoms with Crippen molar-refractivity contribution in [3.05, 3.63) is 29.8 Å². The number of hydrogen-bond donors (Lipinski definition) is 0. The molecule has 1 aliphatic heterocycles. The van der Waals surface area contributed by atoms with Gasteiger partial charge in [0.1, 0.15) is 0 Å². The molecule has 0 unspecified atom stereocenters. The monoisotopic (exact) mass is 347 g/mol. The molecule has 0 saturated carbocycles. The fourth-order valence-electron chi connectivity index (χ4n) is 2.79. The molecule has 0 spiro atoms. The van der Waals surface area contributed by atoms with E-state index in [0.29, 0.717) is 17.1 Å². The molecule has 0 bridgehead atoms. The van der Waals surface area contributed by atoms with Gasteiger partial charge in [0.05, 0.1) is 14.2 Å². The number of benzene rings is 1. The Morgan fingerprint density at radius 3 is 2.44 bits per heavy atom. The summed E-state index contributed by atoms with van der Waals surface area (Å²) in [6, 6.07) is 5.37. The molecule has 6 nitrogen and oxygen atoms in total. The average Bonchev–Trinajstić information content (AvgIpc) is 2.93. The lowest BCUT2D eigenvalue weighted by Gasteiger charge is -2.19. The average molecular weight is 347 g/mol. The van der Waals surface area contributed by atoms with E-state index in [4.69, 9.17) is 14.2 Å². The minimum absolute atomic E-state index is 0.136. The van der Waals surface area contributed by atoms with Crippen LogP contribution in [-0.4, -0.2) is 50.7 Å². The molecule has 1 saturated heterocycles. The van der Waals surface area contributed by atoms with Crippen LogP contribution in [0.5, 0.6) is 11.5 Å². The van der Waals surface area contributed by atoms with Crippen molar-refractivity contribution in [1.29, 1.82) is 0 Å². The van der Waals surface area contributed by atoms with E-state index in [1.807, 2.05) is 0 Å². The molecule has 136 valence electrons. The molecule has 0 aromatic heterocycles. The molecule has 1 amide bonds. The minimum atomic E-state index is -0.562. The maximum atomic E-state index is 12.1. The molecule has 1 aromatic carbocycles. The first-order chi connectivity index (χ1) is 12.2. The van der Waals surface area contributed by atoms with Gasteiger partial charge in [0.25, 0.3) is 5.91 Å². The zero-order chi connectivity index (χ0) is 18.1. The maximum Gasteiger partial charge on any atom is 0.331 e. The van der Waals surface area contributed by atoms with E-state index in [1.54, 1.807) is 36.3 Å². The van der Waals surface area contributed by atoms with Crippen molar-refractivity contribution in [1.82, 2.24) is 4.90 Å². The van der Waals surface area contributed by atoms with E-state index in [0.717, 1.165) is 38.8 Å². The highest BCUT2D eigenvalue weighted by Crippen LogP contribution is 2.31. The molecule has 6 heteroatoms. The summed E-state index contributed by atoms with van der Waals surface area (Å²) < 4.78 is 15.6. The van der Waals surface area contributed by atoms with Crippen LogP contribution in [0.3, 0.4) is 0 Å². The van der Waals surface area contributed by atoms with Crippen LogP contribution in [0.1, 0.15) is 31.2 Å². The molecule has 1 aromatic rings. The Labute approximate surface area is 148 Å². The van der Waals surface area contributed by atoms with E-state index in [1.165, 1.54) is 13.2 Å². The molecule has 0 atom stereocenters. The second-order valence-electron chi connectivity index (χ2n) is 5.82. The number of carbonyl (C=O) groups excluding carboxylic acids is 2. The lowest BCUT2D eigenvalue weighted by molar-refractivity contribution is -0.148. The van der Waals surface area contributed by atoms with Gasteiger partial charge in [-0.15, -0.1) is 0 Å². The Morgan fingerprint density at radius 1 is 1.08 bits per heavy atom. The number of nitrogens with zero attached hydrogens (tertiary/aromatic N) is 1. The zero-order valence-electron chi connectivity index (χ0n) is 14.8. The number of para-hydroxylation sites is 1. The standard InChI is InChI=1S/C19H25NO5/c1-23-16-9-7-8-15(19(16)24-2)10-11-18(22)25-14-17(21)20-12-5-3-4-6-13-20/h7-11H,3-6,12-14H2,1-2H3/b11-10+. The first-order valence-electron chi connectivity index (χ1n) is 8.49. The van der Waals surface area contributed by atoms with Gasteiger partial charge in [0, 0.05) is 24.7 Å². The molecular formula is C19H25NO5. The highest BCUT2D eigenvalue weighted by molar-refractivity contribution is 5.89. The van der Waals surface area contributed by atoms with Gasteiger partial charge in [-0.05, 0) is 25.0 Å². The third-order valence-electron chi connectivity index (χ3n) is 4.13. The van der Waals surface area contributed by atoms with Crippen molar-refractivity contribution in [2.45, 2.75) is 25.7 Å². The Kier molecular flexibility index (Phi) is 7.32. The van der Waals surface area contributed by atoms with E-state index in [-0.39, 0.29) is 12.5 Å². The normalized spacial score (nSPS) is 14.9. The number of hydrogen-bond acceptors (Lipinski definition) is 5. The summed E-state index contributed by atoms with van der Waals surface area (Å²) in [6.07, 6.45) is 7.18. The lowest BCUT2D eigenvalue weighted by atomic mass is 10.1. The molecular weight excluding hydrogens is 322 g/mol. The summed E-state index contributed by atoms with van der Waals surface area (Å²) in [5.74, 6) is 0.416. The summed E-state index contributed by atoms with van der Waals surface area (Å²) in [7, 11) is 3.08. The quantitative estimate of drug-likeness (QED) is 0.585. The Hall–Kier alpha value is -2.50. The van der Waals surface area contributed by atoms with Gasteiger partial charge in [0.2, 0.25) is 0 Å². The van der Waals surface area contributed by atoms with Gasteiger partial charge in [-0.3, -0.25) is 4.79 Å². The van der Waals surface area contributed by atoms with Crippen molar-refractivity contribution in [3.63, 3.8) is 0 Å². The van der Waals surface area contributed by atoms with Gasteiger partial charge in [0.15, 0.2) is 18.1 Å². The van der Waals surface area contributed by atoms with Crippen LogP contribution in [0.15, 0.2) is 24.3 Å². The summed E-state index contributed by atoms with van der Waals surface area (Å²) >= 11 is 0. The van der Waals surface area contributed by atoms with Gasteiger partial charge < -0.3 is 19.1 Å². The van der Waals surface area contributed by atoms with Crippen molar-refractivity contribution >= 4 is 18.0 Å². The van der Waals surface area contributed by atoms with Gasteiger partial charge in [-0.1, -0.05) is 25.0 Å². The molecule has 0 N–H and O–H groups in total. The van der Waals surface area contributed by atoms with Crippen molar-refractivity contribution in [2.75, 3.05) is 33.9 Å². The number of amides is 1. The molecule has 1 heterocycles. The lowest BCUT2D eigenvalue weighted by Crippen LogP contribution is -2.35. The number of likely N-dealkylation sites (tertiary alicyclic amines) is 1. The highest BCUT2D eigenvalue weighted by atomic mass is 16.5. The molecule has 2 rings (SSSR count). The van der Waals surface area contributed by atoms with Crippen molar-refractivity contribution < 1.29 is 23.8 Å². The van der Waals surface area contributed by atoms with Crippen LogP contribution >= 0.6 is 0 Å². The van der Waals surface area contributed by atoms with Crippen molar-refractivity contribution in [2.24, 2.45) is 0 Å². The Bertz CT molecular complexity index is 618. The molecule has 0 radical (unpaired) electrons. The third kappa shape index (κ3) is 5.52. The SMILES string of the molecule is COc1cccc(/C=C/C(=O)OCC(=O)N2CCCCCC2)c1OC. The van der Waals surface area contributed by atoms with E-state index in [9.17, 15) is 9.59 Å². The van der Waals surface area contributed by atoms with Crippen LogP contribution in [0.2, 0.25) is 0 Å². The van der Waals surface area contributed by atoms with Crippen LogP contribution in [0, 0.1) is 0 Å². The fraction of sp³-hybridized carbons (Fsp3) is 0.474. The van der Waals surface area contributed by atoms with E-state index in [2.05, 4.69) is 0 Å². The number of methoxy groups -OCH3 is 2. The first kappa shape index (κ1) is 18.8. The first-order valence-corrected chi connectivity index (χ1v) is 8.49. The van der Waals surface area contributed by atoms with Crippen LogP contribution < -0.4 is 9.47 Å². The van der Waals surface area contributed by atoms with Gasteiger partial charge in [-0.25, -0.2) is 4.79 Å². The van der Waals surface area contributed by atoms with Crippen LogP contribution in [0.25, 0.3) is 6.08 Å². The largest absolute Gasteiger partial charge is 0.493 e. The number of esters is 1. The third-order valence-corrected chi connectivity index (χ3v) is 4.13. The van der Waals surface area contributed by atoms with E-state index < -0.39 is 5.97 Å². The summed E-state index contributed by atoms with van der Waals surface area (Å²) in [4.78, 5) is 25.7. The zero-order valence-corrected chi connectivity index (χ0v) is 14.8. The number of ether oxygens (including phenoxy) is 3. The number of carbonyl (C=O) groups is 2. The molecule has 25 heavy (non-hydrogen) atoms. The van der Waals surface area contributed by atoms with Gasteiger partial charge >= 0.3 is 5.97 Å². The maximum absolute atomic E-state index is 12.1. The number of rotatable bonds is 6. The molecule has 1 fully saturated rings. The summed E-state index contributed by atoms with van der Waals surface area (Å²) in [5.41, 5.74) is 0.692. The van der Waals surface area contributed by atoms with Crippen LogP contribution in [-0.2, 0) is 14.3 Å². The fourth-order valence-corrected chi connectivity index (χ4v) is 2.79. The predicted octanol–water partition coefficient (Wildman–Crippen LogP) is 2.66. The van der Waals surface area contributed by atoms with Crippen LogP contribution in [0.4, 0.5) is 0 Å². The minimum Gasteiger partial charge on any atom is -0.493 e. The Morgan fingerprint density at radius 2 is 1.80 bits per heavy atom. The van der Waals surface area contributed by atoms with Crippen molar-refractivity contribution in [3.8, 4) is 11.5 Å². The topological polar surface area (TPSA) is 65.1 Å². The summed E-state index contributed by atoms with van der Waals surface area (Å²) in [6.45, 7) is 1.26. The highest BCUT2D eigenvalue weighted by Gasteiger charge is 2.16. The predicted molar refractivity (Wildman–Crippen MR) is 94.6 cm³/mol. The summed E-state index contributed by atoms with van der Waals surface area (Å²) in [5, 5.41) is 0. The smallest absolute Gasteiger partial charge is 0.331 e. The molecule has 0 aliphatic carbocycles. The second-order valence-corrected chi connectivity index (χ2v) is 5.82. The second kappa shape index (κ2) is 9.71.